The van der Waals surface area contributed by atoms with Crippen LogP contribution in [0.3, 0.4) is 0 Å². The molecule has 0 aliphatic heterocycles. The summed E-state index contributed by atoms with van der Waals surface area (Å²) in [6.07, 6.45) is 2.92. The molecule has 1 aromatic carbocycles. The average molecular weight is 349 g/mol. The molecule has 4 nitrogen and oxygen atoms in total. The van der Waals surface area contributed by atoms with Crippen LogP contribution in [0.5, 0.6) is 5.75 Å². The zero-order chi connectivity index (χ0) is 18.2. The standard InChI is InChI=1S/C20H28FNO3/c1-19(2,3)25-18(23)22-11-14-10-20(14,4)16-9-15(21)7-8-17(16)24-12-13-5-6-13/h7-9,13-14H,5-6,10-12H2,1-4H3,(H,22,23)/t14-,20+/m0/s1. The number of halogens is 1. The predicted octanol–water partition coefficient (Wildman–Crippen LogP) is 4.42. The molecule has 138 valence electrons. The first kappa shape index (κ1) is 18.0. The lowest BCUT2D eigenvalue weighted by molar-refractivity contribution is 0.0524. The van der Waals surface area contributed by atoms with E-state index in [0.29, 0.717) is 19.1 Å². The molecule has 2 saturated carbocycles. The second kappa shape index (κ2) is 6.50. The van der Waals surface area contributed by atoms with Gasteiger partial charge in [-0.25, -0.2) is 9.18 Å². The van der Waals surface area contributed by atoms with Crippen molar-refractivity contribution >= 4 is 6.09 Å². The highest BCUT2D eigenvalue weighted by atomic mass is 19.1. The molecule has 2 aliphatic rings. The van der Waals surface area contributed by atoms with Crippen LogP contribution in [-0.4, -0.2) is 24.8 Å². The van der Waals surface area contributed by atoms with Crippen LogP contribution in [0.25, 0.3) is 0 Å². The second-order valence-electron chi connectivity index (χ2n) is 8.60. The lowest BCUT2D eigenvalue weighted by Crippen LogP contribution is -2.34. The summed E-state index contributed by atoms with van der Waals surface area (Å²) < 4.78 is 25.0. The van der Waals surface area contributed by atoms with Crippen LogP contribution in [0, 0.1) is 17.7 Å². The average Bonchev–Trinajstić information content (AvgIpc) is 3.40. The maximum absolute atomic E-state index is 13.8. The lowest BCUT2D eigenvalue weighted by Gasteiger charge is -2.20. The largest absolute Gasteiger partial charge is 0.493 e. The van der Waals surface area contributed by atoms with Crippen LogP contribution in [0.2, 0.25) is 0 Å². The first-order valence-electron chi connectivity index (χ1n) is 9.07. The van der Waals surface area contributed by atoms with Gasteiger partial charge in [0.2, 0.25) is 0 Å². The van der Waals surface area contributed by atoms with Gasteiger partial charge in [-0.15, -0.1) is 0 Å². The Labute approximate surface area is 149 Å². The van der Waals surface area contributed by atoms with E-state index in [1.54, 1.807) is 12.1 Å². The van der Waals surface area contributed by atoms with Crippen LogP contribution in [0.15, 0.2) is 18.2 Å². The number of carbonyl (C=O) groups is 1. The molecule has 5 heteroatoms. The Kier molecular flexibility index (Phi) is 4.69. The smallest absolute Gasteiger partial charge is 0.407 e. The SMILES string of the molecule is CC(C)(C)OC(=O)NC[C@@H]1C[C@@]1(C)c1cc(F)ccc1OCC1CC1. The molecule has 0 radical (unpaired) electrons. The Morgan fingerprint density at radius 1 is 1.36 bits per heavy atom. The summed E-state index contributed by atoms with van der Waals surface area (Å²) in [5.74, 6) is 1.43. The van der Waals surface area contributed by atoms with E-state index in [1.807, 2.05) is 20.8 Å². The van der Waals surface area contributed by atoms with E-state index in [-0.39, 0.29) is 17.2 Å². The van der Waals surface area contributed by atoms with E-state index in [0.717, 1.165) is 17.7 Å². The normalized spacial score (nSPS) is 25.4. The number of rotatable bonds is 6. The van der Waals surface area contributed by atoms with Gasteiger partial charge >= 0.3 is 6.09 Å². The van der Waals surface area contributed by atoms with Gasteiger partial charge < -0.3 is 14.8 Å². The highest BCUT2D eigenvalue weighted by molar-refractivity contribution is 5.67. The first-order valence-corrected chi connectivity index (χ1v) is 9.07. The summed E-state index contributed by atoms with van der Waals surface area (Å²) in [6.45, 7) is 8.84. The molecule has 0 aromatic heterocycles. The summed E-state index contributed by atoms with van der Waals surface area (Å²) in [5, 5.41) is 2.82. The van der Waals surface area contributed by atoms with Crippen LogP contribution in [0.4, 0.5) is 9.18 Å². The fraction of sp³-hybridized carbons (Fsp3) is 0.650. The van der Waals surface area contributed by atoms with E-state index in [9.17, 15) is 9.18 Å². The van der Waals surface area contributed by atoms with Gasteiger partial charge in [0.25, 0.3) is 0 Å². The van der Waals surface area contributed by atoms with Crippen molar-refractivity contribution in [2.45, 2.75) is 58.0 Å². The topological polar surface area (TPSA) is 47.6 Å². The van der Waals surface area contributed by atoms with Crippen LogP contribution in [-0.2, 0) is 10.2 Å². The number of nitrogens with one attached hydrogen (secondary N) is 1. The maximum atomic E-state index is 13.8. The zero-order valence-corrected chi connectivity index (χ0v) is 15.5. The fourth-order valence-electron chi connectivity index (χ4n) is 3.17. The molecular weight excluding hydrogens is 321 g/mol. The third-order valence-electron chi connectivity index (χ3n) is 5.03. The summed E-state index contributed by atoms with van der Waals surface area (Å²) in [4.78, 5) is 11.8. The quantitative estimate of drug-likeness (QED) is 0.827. The van der Waals surface area contributed by atoms with Crippen LogP contribution in [0.1, 0.15) is 52.5 Å². The van der Waals surface area contributed by atoms with E-state index in [2.05, 4.69) is 12.2 Å². The molecule has 2 atom stereocenters. The number of carbonyl (C=O) groups excluding carboxylic acids is 1. The molecule has 0 unspecified atom stereocenters. The Bertz CT molecular complexity index is 651. The lowest BCUT2D eigenvalue weighted by atomic mass is 9.94. The van der Waals surface area contributed by atoms with Crippen molar-refractivity contribution in [3.63, 3.8) is 0 Å². The van der Waals surface area contributed by atoms with Gasteiger partial charge in [-0.05, 0) is 70.1 Å². The number of benzene rings is 1. The highest BCUT2D eigenvalue weighted by Gasteiger charge is 2.52. The molecule has 1 N–H and O–H groups in total. The molecule has 2 aliphatic carbocycles. The van der Waals surface area contributed by atoms with Crippen molar-refractivity contribution in [1.82, 2.24) is 5.32 Å². The van der Waals surface area contributed by atoms with Crippen molar-refractivity contribution in [3.8, 4) is 5.75 Å². The summed E-state index contributed by atoms with van der Waals surface area (Å²) >= 11 is 0. The van der Waals surface area contributed by atoms with Crippen molar-refractivity contribution in [2.24, 2.45) is 11.8 Å². The fourth-order valence-corrected chi connectivity index (χ4v) is 3.17. The Morgan fingerprint density at radius 3 is 2.72 bits per heavy atom. The molecule has 2 fully saturated rings. The number of hydrogen-bond donors (Lipinski definition) is 1. The second-order valence-corrected chi connectivity index (χ2v) is 8.60. The van der Waals surface area contributed by atoms with Gasteiger partial charge in [0.15, 0.2) is 0 Å². The van der Waals surface area contributed by atoms with Gasteiger partial charge in [-0.1, -0.05) is 6.92 Å². The molecule has 0 bridgehead atoms. The van der Waals surface area contributed by atoms with Crippen LogP contribution < -0.4 is 10.1 Å². The minimum atomic E-state index is -0.511. The molecule has 0 heterocycles. The Hall–Kier alpha value is -1.78. The Balaban J connectivity index is 1.61. The first-order chi connectivity index (χ1) is 11.7. The molecule has 25 heavy (non-hydrogen) atoms. The minimum Gasteiger partial charge on any atom is -0.493 e. The minimum absolute atomic E-state index is 0.171. The van der Waals surface area contributed by atoms with Crippen molar-refractivity contribution < 1.29 is 18.7 Å². The van der Waals surface area contributed by atoms with E-state index < -0.39 is 11.7 Å². The third-order valence-corrected chi connectivity index (χ3v) is 5.03. The van der Waals surface area contributed by atoms with E-state index in [4.69, 9.17) is 9.47 Å². The molecular formula is C20H28FNO3. The molecule has 0 saturated heterocycles. The van der Waals surface area contributed by atoms with E-state index >= 15 is 0 Å². The van der Waals surface area contributed by atoms with Crippen molar-refractivity contribution in [1.29, 1.82) is 0 Å². The number of alkyl carbamates (subject to hydrolysis) is 1. The van der Waals surface area contributed by atoms with Gasteiger partial charge in [0, 0.05) is 17.5 Å². The molecule has 0 spiro atoms. The van der Waals surface area contributed by atoms with Gasteiger partial charge in [-0.3, -0.25) is 0 Å². The van der Waals surface area contributed by atoms with Crippen molar-refractivity contribution in [2.75, 3.05) is 13.2 Å². The molecule has 3 rings (SSSR count). The summed E-state index contributed by atoms with van der Waals surface area (Å²) in [6, 6.07) is 4.76. The molecule has 1 amide bonds. The Morgan fingerprint density at radius 2 is 2.08 bits per heavy atom. The highest BCUT2D eigenvalue weighted by Crippen LogP contribution is 2.56. The number of amides is 1. The van der Waals surface area contributed by atoms with Gasteiger partial charge in [-0.2, -0.15) is 0 Å². The summed E-state index contributed by atoms with van der Waals surface area (Å²) in [7, 11) is 0. The van der Waals surface area contributed by atoms with Crippen LogP contribution >= 0.6 is 0 Å². The van der Waals surface area contributed by atoms with Crippen molar-refractivity contribution in [3.05, 3.63) is 29.6 Å². The number of ether oxygens (including phenoxy) is 2. The monoisotopic (exact) mass is 349 g/mol. The zero-order valence-electron chi connectivity index (χ0n) is 15.5. The number of hydrogen-bond acceptors (Lipinski definition) is 3. The molecule has 1 aromatic rings. The van der Waals surface area contributed by atoms with Gasteiger partial charge in [0.1, 0.15) is 17.2 Å². The van der Waals surface area contributed by atoms with Gasteiger partial charge in [0.05, 0.1) is 6.61 Å². The third kappa shape index (κ3) is 4.65. The predicted molar refractivity (Wildman–Crippen MR) is 94.3 cm³/mol. The summed E-state index contributed by atoms with van der Waals surface area (Å²) in [5.41, 5.74) is 0.225. The maximum Gasteiger partial charge on any atom is 0.407 e. The van der Waals surface area contributed by atoms with E-state index in [1.165, 1.54) is 18.9 Å².